The molecule has 0 aliphatic carbocycles. The second-order valence-corrected chi connectivity index (χ2v) is 3.00. The van der Waals surface area contributed by atoms with E-state index >= 15 is 0 Å². The van der Waals surface area contributed by atoms with Gasteiger partial charge in [0.05, 0.1) is 12.3 Å². The van der Waals surface area contributed by atoms with Crippen molar-refractivity contribution in [2.45, 2.75) is 6.92 Å². The molecule has 0 unspecified atom stereocenters. The molecule has 0 aliphatic heterocycles. The first-order chi connectivity index (χ1) is 6.65. The first-order valence-corrected chi connectivity index (χ1v) is 4.57. The SMILES string of the molecule is CCOc1ccc(N(O)C(N)=S)cc1. The van der Waals surface area contributed by atoms with Crippen molar-refractivity contribution in [1.82, 2.24) is 0 Å². The average Bonchev–Trinajstić information content (AvgIpc) is 2.18. The van der Waals surface area contributed by atoms with Gasteiger partial charge in [-0.1, -0.05) is 0 Å². The minimum Gasteiger partial charge on any atom is -0.494 e. The number of hydroxylamine groups is 1. The Hall–Kier alpha value is -1.33. The third-order valence-electron chi connectivity index (χ3n) is 1.60. The Labute approximate surface area is 87.8 Å². The van der Waals surface area contributed by atoms with Gasteiger partial charge in [0.2, 0.25) is 0 Å². The van der Waals surface area contributed by atoms with Crippen molar-refractivity contribution in [2.24, 2.45) is 5.73 Å². The van der Waals surface area contributed by atoms with Gasteiger partial charge >= 0.3 is 0 Å². The second kappa shape index (κ2) is 4.78. The topological polar surface area (TPSA) is 58.7 Å². The molecule has 0 aromatic heterocycles. The summed E-state index contributed by atoms with van der Waals surface area (Å²) in [5, 5.41) is 10.00. The number of nitrogens with two attached hydrogens (primary N) is 1. The minimum absolute atomic E-state index is 0.0887. The summed E-state index contributed by atoms with van der Waals surface area (Å²) >= 11 is 4.61. The highest BCUT2D eigenvalue weighted by molar-refractivity contribution is 7.80. The number of rotatable bonds is 3. The molecule has 0 aliphatic rings. The van der Waals surface area contributed by atoms with E-state index in [4.69, 9.17) is 10.5 Å². The van der Waals surface area contributed by atoms with E-state index in [1.807, 2.05) is 6.92 Å². The van der Waals surface area contributed by atoms with E-state index in [0.29, 0.717) is 12.3 Å². The number of hydrogen-bond donors (Lipinski definition) is 2. The number of benzene rings is 1. The maximum atomic E-state index is 9.34. The number of anilines is 1. The lowest BCUT2D eigenvalue weighted by Crippen LogP contribution is -2.31. The predicted octanol–water partition coefficient (Wildman–Crippen LogP) is 1.52. The molecule has 1 rings (SSSR count). The third kappa shape index (κ3) is 2.58. The Balaban J connectivity index is 2.77. The molecule has 4 nitrogen and oxygen atoms in total. The molecule has 3 N–H and O–H groups in total. The van der Waals surface area contributed by atoms with E-state index in [9.17, 15) is 5.21 Å². The summed E-state index contributed by atoms with van der Waals surface area (Å²) < 4.78 is 5.24. The largest absolute Gasteiger partial charge is 0.494 e. The Morgan fingerprint density at radius 2 is 2.07 bits per heavy atom. The fourth-order valence-corrected chi connectivity index (χ4v) is 1.08. The molecule has 0 saturated heterocycles. The van der Waals surface area contributed by atoms with Crippen molar-refractivity contribution in [3.8, 4) is 5.75 Å². The summed E-state index contributed by atoms with van der Waals surface area (Å²) in [4.78, 5) is 0. The first kappa shape index (κ1) is 10.7. The van der Waals surface area contributed by atoms with Crippen LogP contribution in [-0.4, -0.2) is 16.9 Å². The van der Waals surface area contributed by atoms with Crippen LogP contribution in [0.5, 0.6) is 5.75 Å². The number of nitrogens with zero attached hydrogens (tertiary/aromatic N) is 1. The van der Waals surface area contributed by atoms with Crippen molar-refractivity contribution >= 4 is 23.0 Å². The number of ether oxygens (including phenoxy) is 1. The summed E-state index contributed by atoms with van der Waals surface area (Å²) in [5.74, 6) is 0.743. The summed E-state index contributed by atoms with van der Waals surface area (Å²) in [6, 6.07) is 6.81. The van der Waals surface area contributed by atoms with E-state index in [0.717, 1.165) is 10.8 Å². The summed E-state index contributed by atoms with van der Waals surface area (Å²) in [5.41, 5.74) is 5.76. The maximum Gasteiger partial charge on any atom is 0.195 e. The molecule has 0 atom stereocenters. The molecule has 14 heavy (non-hydrogen) atoms. The van der Waals surface area contributed by atoms with Crippen LogP contribution >= 0.6 is 12.2 Å². The molecule has 0 saturated carbocycles. The molecule has 0 bridgehead atoms. The van der Waals surface area contributed by atoms with Crippen molar-refractivity contribution in [3.63, 3.8) is 0 Å². The predicted molar refractivity (Wildman–Crippen MR) is 58.7 cm³/mol. The Morgan fingerprint density at radius 1 is 1.50 bits per heavy atom. The Kier molecular flexibility index (Phi) is 3.67. The molecule has 0 spiro atoms. The van der Waals surface area contributed by atoms with Crippen molar-refractivity contribution < 1.29 is 9.94 Å². The Bertz CT molecular complexity index is 313. The van der Waals surface area contributed by atoms with E-state index in [2.05, 4.69) is 12.2 Å². The molecule has 0 fully saturated rings. The normalized spacial score (nSPS) is 9.57. The van der Waals surface area contributed by atoms with Crippen LogP contribution in [0, 0.1) is 0 Å². The van der Waals surface area contributed by atoms with Gasteiger partial charge in [0.1, 0.15) is 5.75 Å². The maximum absolute atomic E-state index is 9.34. The monoisotopic (exact) mass is 212 g/mol. The van der Waals surface area contributed by atoms with E-state index in [-0.39, 0.29) is 5.11 Å². The molecule has 76 valence electrons. The average molecular weight is 212 g/mol. The van der Waals surface area contributed by atoms with E-state index in [1.54, 1.807) is 24.3 Å². The van der Waals surface area contributed by atoms with Crippen LogP contribution in [0.15, 0.2) is 24.3 Å². The van der Waals surface area contributed by atoms with Crippen molar-refractivity contribution in [3.05, 3.63) is 24.3 Å². The van der Waals surface area contributed by atoms with Crippen LogP contribution in [0.1, 0.15) is 6.92 Å². The summed E-state index contributed by atoms with van der Waals surface area (Å²) in [7, 11) is 0. The first-order valence-electron chi connectivity index (χ1n) is 4.16. The molecule has 1 aromatic carbocycles. The van der Waals surface area contributed by atoms with Gasteiger partial charge in [-0.15, -0.1) is 0 Å². The van der Waals surface area contributed by atoms with Gasteiger partial charge in [0.25, 0.3) is 0 Å². The van der Waals surface area contributed by atoms with Crippen LogP contribution in [0.3, 0.4) is 0 Å². The zero-order chi connectivity index (χ0) is 10.6. The van der Waals surface area contributed by atoms with Crippen molar-refractivity contribution in [2.75, 3.05) is 11.7 Å². The molecule has 1 aromatic rings. The standard InChI is InChI=1S/C9H12N2O2S/c1-2-13-8-5-3-7(4-6-8)11(12)9(10)14/h3-6,12H,2H2,1H3,(H2,10,14). The zero-order valence-corrected chi connectivity index (χ0v) is 8.62. The van der Waals surface area contributed by atoms with Crippen LogP contribution in [0.2, 0.25) is 0 Å². The molecular formula is C9H12N2O2S. The molecule has 0 heterocycles. The number of thiocarbonyl (C=S) groups is 1. The lowest BCUT2D eigenvalue weighted by atomic mass is 10.3. The van der Waals surface area contributed by atoms with E-state index < -0.39 is 0 Å². The van der Waals surface area contributed by atoms with Gasteiger partial charge in [-0.2, -0.15) is 5.06 Å². The van der Waals surface area contributed by atoms with E-state index in [1.165, 1.54) is 0 Å². The van der Waals surface area contributed by atoms with Crippen LogP contribution in [0.4, 0.5) is 5.69 Å². The molecule has 5 heteroatoms. The molecule has 0 amide bonds. The highest BCUT2D eigenvalue weighted by Crippen LogP contribution is 2.17. The smallest absolute Gasteiger partial charge is 0.195 e. The highest BCUT2D eigenvalue weighted by Gasteiger charge is 2.04. The lowest BCUT2D eigenvalue weighted by molar-refractivity contribution is 0.313. The van der Waals surface area contributed by atoms with Gasteiger partial charge in [-0.3, -0.25) is 5.21 Å². The van der Waals surface area contributed by atoms with Gasteiger partial charge in [-0.25, -0.2) is 0 Å². The van der Waals surface area contributed by atoms with Gasteiger partial charge in [-0.05, 0) is 43.4 Å². The molecular weight excluding hydrogens is 200 g/mol. The van der Waals surface area contributed by atoms with Gasteiger partial charge in [0, 0.05) is 0 Å². The summed E-state index contributed by atoms with van der Waals surface area (Å²) in [6.07, 6.45) is 0. The number of hydrogen-bond acceptors (Lipinski definition) is 3. The fourth-order valence-electron chi connectivity index (χ4n) is 0.977. The Morgan fingerprint density at radius 3 is 2.50 bits per heavy atom. The van der Waals surface area contributed by atoms with Gasteiger partial charge < -0.3 is 10.5 Å². The van der Waals surface area contributed by atoms with Crippen LogP contribution < -0.4 is 15.5 Å². The van der Waals surface area contributed by atoms with Gasteiger partial charge in [0.15, 0.2) is 5.11 Å². The highest BCUT2D eigenvalue weighted by atomic mass is 32.1. The quantitative estimate of drug-likeness (QED) is 0.587. The second-order valence-electron chi connectivity index (χ2n) is 2.58. The van der Waals surface area contributed by atoms with Crippen molar-refractivity contribution in [1.29, 1.82) is 0 Å². The summed E-state index contributed by atoms with van der Waals surface area (Å²) in [6.45, 7) is 2.51. The van der Waals surface area contributed by atoms with Crippen LogP contribution in [0.25, 0.3) is 0 Å². The fraction of sp³-hybridized carbons (Fsp3) is 0.222. The molecule has 0 radical (unpaired) electrons. The van der Waals surface area contributed by atoms with Crippen LogP contribution in [-0.2, 0) is 0 Å². The lowest BCUT2D eigenvalue weighted by Gasteiger charge is -2.14. The third-order valence-corrected chi connectivity index (χ3v) is 1.77. The zero-order valence-electron chi connectivity index (χ0n) is 7.80. The minimum atomic E-state index is -0.0887.